The van der Waals surface area contributed by atoms with Crippen LogP contribution in [0.15, 0.2) is 41.2 Å². The summed E-state index contributed by atoms with van der Waals surface area (Å²) in [4.78, 5) is 14.6. The molecule has 0 saturated carbocycles. The standard InChI is InChI=1S/C13H12N2O2S/c1-17-9-4-2-8(3-5-9)11-7-6-10(12(14)18)13(16)15-11/h2-7H,1H3,(H2,14,18)(H,15,16). The van der Waals surface area contributed by atoms with Crippen molar-refractivity contribution in [3.8, 4) is 17.0 Å². The molecule has 0 fully saturated rings. The molecule has 0 spiro atoms. The van der Waals surface area contributed by atoms with Crippen molar-refractivity contribution in [2.75, 3.05) is 7.11 Å². The number of nitrogens with two attached hydrogens (primary N) is 1. The van der Waals surface area contributed by atoms with Crippen LogP contribution in [0.25, 0.3) is 11.3 Å². The third-order valence-electron chi connectivity index (χ3n) is 2.58. The fourth-order valence-corrected chi connectivity index (χ4v) is 1.77. The van der Waals surface area contributed by atoms with Gasteiger partial charge in [0.15, 0.2) is 0 Å². The van der Waals surface area contributed by atoms with Gasteiger partial charge >= 0.3 is 0 Å². The van der Waals surface area contributed by atoms with E-state index in [1.807, 2.05) is 24.3 Å². The molecule has 0 unspecified atom stereocenters. The second kappa shape index (κ2) is 5.01. The lowest BCUT2D eigenvalue weighted by atomic mass is 10.1. The number of aromatic nitrogens is 1. The Morgan fingerprint density at radius 1 is 1.22 bits per heavy atom. The van der Waals surface area contributed by atoms with Gasteiger partial charge in [0.2, 0.25) is 0 Å². The molecule has 0 saturated heterocycles. The van der Waals surface area contributed by atoms with E-state index in [0.29, 0.717) is 11.3 Å². The van der Waals surface area contributed by atoms with Crippen molar-refractivity contribution in [3.63, 3.8) is 0 Å². The first-order chi connectivity index (χ1) is 8.61. The van der Waals surface area contributed by atoms with Crippen molar-refractivity contribution in [3.05, 3.63) is 52.3 Å². The van der Waals surface area contributed by atoms with Crippen molar-refractivity contribution in [1.82, 2.24) is 4.98 Å². The fourth-order valence-electron chi connectivity index (χ4n) is 1.61. The maximum atomic E-state index is 11.7. The molecule has 1 aromatic heterocycles. The first kappa shape index (κ1) is 12.3. The van der Waals surface area contributed by atoms with Crippen LogP contribution in [0, 0.1) is 0 Å². The maximum Gasteiger partial charge on any atom is 0.258 e. The molecule has 4 nitrogen and oxygen atoms in total. The summed E-state index contributed by atoms with van der Waals surface area (Å²) in [6.07, 6.45) is 0. The largest absolute Gasteiger partial charge is 0.497 e. The van der Waals surface area contributed by atoms with Crippen molar-refractivity contribution >= 4 is 17.2 Å². The summed E-state index contributed by atoms with van der Waals surface area (Å²) < 4.78 is 5.07. The minimum atomic E-state index is -0.282. The third kappa shape index (κ3) is 2.41. The molecule has 1 heterocycles. The monoisotopic (exact) mass is 260 g/mol. The lowest BCUT2D eigenvalue weighted by molar-refractivity contribution is 0.415. The first-order valence-corrected chi connectivity index (χ1v) is 5.70. The maximum absolute atomic E-state index is 11.7. The van der Waals surface area contributed by atoms with Crippen LogP contribution in [0.1, 0.15) is 5.56 Å². The fraction of sp³-hybridized carbons (Fsp3) is 0.0769. The van der Waals surface area contributed by atoms with E-state index < -0.39 is 0 Å². The molecule has 2 rings (SSSR count). The topological polar surface area (TPSA) is 68.1 Å². The predicted octanol–water partition coefficient (Wildman–Crippen LogP) is 1.68. The molecule has 0 amide bonds. The van der Waals surface area contributed by atoms with E-state index >= 15 is 0 Å². The van der Waals surface area contributed by atoms with Gasteiger partial charge in [-0.05, 0) is 42.0 Å². The molecule has 0 aliphatic carbocycles. The molecule has 0 radical (unpaired) electrons. The predicted molar refractivity (Wildman–Crippen MR) is 74.9 cm³/mol. The van der Waals surface area contributed by atoms with E-state index in [9.17, 15) is 4.79 Å². The zero-order valence-corrected chi connectivity index (χ0v) is 10.6. The summed E-state index contributed by atoms with van der Waals surface area (Å²) >= 11 is 4.78. The van der Waals surface area contributed by atoms with E-state index in [2.05, 4.69) is 4.98 Å². The van der Waals surface area contributed by atoms with Gasteiger partial charge in [-0.3, -0.25) is 4.79 Å². The normalized spacial score (nSPS) is 10.1. The molecule has 92 valence electrons. The van der Waals surface area contributed by atoms with Crippen LogP contribution in [0.5, 0.6) is 5.75 Å². The van der Waals surface area contributed by atoms with Crippen molar-refractivity contribution < 1.29 is 4.74 Å². The highest BCUT2D eigenvalue weighted by Gasteiger charge is 2.05. The van der Waals surface area contributed by atoms with Gasteiger partial charge in [0.05, 0.1) is 12.7 Å². The van der Waals surface area contributed by atoms with Crippen LogP contribution < -0.4 is 16.0 Å². The Balaban J connectivity index is 2.42. The Bertz CT molecular complexity index is 632. The van der Waals surface area contributed by atoms with Gasteiger partial charge in [0.1, 0.15) is 10.7 Å². The molecule has 2 aromatic rings. The van der Waals surface area contributed by atoms with Crippen molar-refractivity contribution in [2.24, 2.45) is 5.73 Å². The minimum absolute atomic E-state index is 0.0949. The smallest absolute Gasteiger partial charge is 0.258 e. The van der Waals surface area contributed by atoms with Gasteiger partial charge in [-0.25, -0.2) is 0 Å². The zero-order valence-electron chi connectivity index (χ0n) is 9.77. The second-order valence-electron chi connectivity index (χ2n) is 3.71. The Morgan fingerprint density at radius 2 is 1.89 bits per heavy atom. The summed E-state index contributed by atoms with van der Waals surface area (Å²) in [5, 5.41) is 0. The Morgan fingerprint density at radius 3 is 2.39 bits per heavy atom. The zero-order chi connectivity index (χ0) is 13.1. The lowest BCUT2D eigenvalue weighted by Crippen LogP contribution is -2.22. The molecule has 0 aliphatic rings. The minimum Gasteiger partial charge on any atom is -0.497 e. The van der Waals surface area contributed by atoms with E-state index in [4.69, 9.17) is 22.7 Å². The molecular formula is C13H12N2O2S. The van der Waals surface area contributed by atoms with E-state index in [-0.39, 0.29) is 10.5 Å². The van der Waals surface area contributed by atoms with Crippen LogP contribution >= 0.6 is 12.2 Å². The summed E-state index contributed by atoms with van der Waals surface area (Å²) in [5.74, 6) is 0.765. The number of hydrogen-bond acceptors (Lipinski definition) is 3. The summed E-state index contributed by atoms with van der Waals surface area (Å²) in [6, 6.07) is 10.8. The number of methoxy groups -OCH3 is 1. The number of aromatic amines is 1. The van der Waals surface area contributed by atoms with Gasteiger partial charge in [-0.2, -0.15) is 0 Å². The number of thiocarbonyl (C=S) groups is 1. The average molecular weight is 260 g/mol. The Hall–Kier alpha value is -2.14. The molecule has 18 heavy (non-hydrogen) atoms. The number of ether oxygens (including phenoxy) is 1. The molecule has 1 aromatic carbocycles. The van der Waals surface area contributed by atoms with E-state index in [1.54, 1.807) is 19.2 Å². The number of H-pyrrole nitrogens is 1. The SMILES string of the molecule is COc1ccc(-c2ccc(C(N)=S)c(=O)[nH]2)cc1. The Kier molecular flexibility index (Phi) is 3.43. The van der Waals surface area contributed by atoms with Crippen LogP contribution in [0.2, 0.25) is 0 Å². The molecular weight excluding hydrogens is 248 g/mol. The van der Waals surface area contributed by atoms with Crippen LogP contribution in [-0.2, 0) is 0 Å². The second-order valence-corrected chi connectivity index (χ2v) is 4.15. The van der Waals surface area contributed by atoms with Gasteiger partial charge < -0.3 is 15.5 Å². The highest BCUT2D eigenvalue weighted by Crippen LogP contribution is 2.19. The number of hydrogen-bond donors (Lipinski definition) is 2. The van der Waals surface area contributed by atoms with Gasteiger partial charge in [-0.1, -0.05) is 12.2 Å². The molecule has 5 heteroatoms. The summed E-state index contributed by atoms with van der Waals surface area (Å²) in [7, 11) is 1.61. The van der Waals surface area contributed by atoms with E-state index in [1.165, 1.54) is 0 Å². The van der Waals surface area contributed by atoms with Crippen molar-refractivity contribution in [1.29, 1.82) is 0 Å². The van der Waals surface area contributed by atoms with Gasteiger partial charge in [0.25, 0.3) is 5.56 Å². The summed E-state index contributed by atoms with van der Waals surface area (Å²) in [5.41, 5.74) is 7.08. The lowest BCUT2D eigenvalue weighted by Gasteiger charge is -2.04. The van der Waals surface area contributed by atoms with Crippen LogP contribution in [0.4, 0.5) is 0 Å². The number of pyridine rings is 1. The molecule has 0 bridgehead atoms. The molecule has 0 atom stereocenters. The van der Waals surface area contributed by atoms with E-state index in [0.717, 1.165) is 11.3 Å². The highest BCUT2D eigenvalue weighted by atomic mass is 32.1. The average Bonchev–Trinajstić information content (AvgIpc) is 2.38. The summed E-state index contributed by atoms with van der Waals surface area (Å²) in [6.45, 7) is 0. The molecule has 3 N–H and O–H groups in total. The third-order valence-corrected chi connectivity index (χ3v) is 2.80. The number of benzene rings is 1. The van der Waals surface area contributed by atoms with Crippen molar-refractivity contribution in [2.45, 2.75) is 0 Å². The van der Waals surface area contributed by atoms with Gasteiger partial charge in [0, 0.05) is 5.69 Å². The molecule has 0 aliphatic heterocycles. The Labute approximate surface area is 109 Å². The number of nitrogens with one attached hydrogen (secondary N) is 1. The van der Waals surface area contributed by atoms with Crippen LogP contribution in [0.3, 0.4) is 0 Å². The van der Waals surface area contributed by atoms with Gasteiger partial charge in [-0.15, -0.1) is 0 Å². The first-order valence-electron chi connectivity index (χ1n) is 5.29. The quantitative estimate of drug-likeness (QED) is 0.824. The number of rotatable bonds is 3. The van der Waals surface area contributed by atoms with Crippen LogP contribution in [-0.4, -0.2) is 17.1 Å². The highest BCUT2D eigenvalue weighted by molar-refractivity contribution is 7.80.